The van der Waals surface area contributed by atoms with Crippen molar-refractivity contribution in [2.75, 3.05) is 13.2 Å². The van der Waals surface area contributed by atoms with Crippen molar-refractivity contribution in [3.05, 3.63) is 36.1 Å². The summed E-state index contributed by atoms with van der Waals surface area (Å²) in [7, 11) is 0. The average molecular weight is 200 g/mol. The van der Waals surface area contributed by atoms with E-state index in [4.69, 9.17) is 9.47 Å². The van der Waals surface area contributed by atoms with Crippen LogP contribution in [0, 0.1) is 0 Å². The number of halogens is 1. The maximum Gasteiger partial charge on any atom is 0.166 e. The molecule has 1 fully saturated rings. The topological polar surface area (TPSA) is 18.5 Å². The second kappa shape index (κ2) is 6.24. The smallest absolute Gasteiger partial charge is 0.166 e. The van der Waals surface area contributed by atoms with E-state index < -0.39 is 5.83 Å². The molecule has 0 radical (unpaired) electrons. The van der Waals surface area contributed by atoms with E-state index >= 15 is 0 Å². The minimum Gasteiger partial charge on any atom is -0.487 e. The van der Waals surface area contributed by atoms with Gasteiger partial charge in [0.1, 0.15) is 19.0 Å². The standard InChI is InChI=1S/C9H11FO2.C2H6/c1-6(7(2)10)9-8(3)11-4-5-12-9;1-2/h2-5H2,1H3;1-2H3/b9-6+;. The van der Waals surface area contributed by atoms with Gasteiger partial charge < -0.3 is 9.47 Å². The Morgan fingerprint density at radius 3 is 2.21 bits per heavy atom. The molecule has 0 aromatic heterocycles. The van der Waals surface area contributed by atoms with Crippen molar-refractivity contribution >= 4 is 0 Å². The number of allylic oxidation sites excluding steroid dienone is 2. The maximum atomic E-state index is 12.6. The highest BCUT2D eigenvalue weighted by atomic mass is 19.1. The summed E-state index contributed by atoms with van der Waals surface area (Å²) in [6.07, 6.45) is 0. The summed E-state index contributed by atoms with van der Waals surface area (Å²) < 4.78 is 22.9. The van der Waals surface area contributed by atoms with Crippen LogP contribution in [0.25, 0.3) is 0 Å². The van der Waals surface area contributed by atoms with Gasteiger partial charge in [-0.05, 0) is 6.92 Å². The highest BCUT2D eigenvalue weighted by molar-refractivity contribution is 5.33. The Balaban J connectivity index is 0.000000791. The van der Waals surface area contributed by atoms with Gasteiger partial charge in [0, 0.05) is 5.57 Å². The van der Waals surface area contributed by atoms with E-state index in [9.17, 15) is 4.39 Å². The lowest BCUT2D eigenvalue weighted by molar-refractivity contribution is 0.0586. The SMILES string of the molecule is C=C(F)/C(C)=C1/OCCOC1=C.CC. The zero-order valence-corrected chi connectivity index (χ0v) is 9.02. The van der Waals surface area contributed by atoms with Crippen LogP contribution in [0.2, 0.25) is 0 Å². The fourth-order valence-electron chi connectivity index (χ4n) is 0.895. The van der Waals surface area contributed by atoms with Gasteiger partial charge in [0.2, 0.25) is 0 Å². The molecule has 0 saturated carbocycles. The molecule has 0 aromatic carbocycles. The first-order valence-electron chi connectivity index (χ1n) is 4.63. The number of hydrogen-bond acceptors (Lipinski definition) is 2. The van der Waals surface area contributed by atoms with Crippen LogP contribution in [-0.4, -0.2) is 13.2 Å². The molecule has 1 aliphatic heterocycles. The summed E-state index contributed by atoms with van der Waals surface area (Å²) in [5.74, 6) is 0.225. The van der Waals surface area contributed by atoms with Crippen LogP contribution in [0.15, 0.2) is 36.1 Å². The molecular formula is C11H17FO2. The molecule has 1 rings (SSSR count). The van der Waals surface area contributed by atoms with Crippen LogP contribution >= 0.6 is 0 Å². The first kappa shape index (κ1) is 12.8. The quantitative estimate of drug-likeness (QED) is 0.646. The van der Waals surface area contributed by atoms with Gasteiger partial charge in [-0.2, -0.15) is 0 Å². The fourth-order valence-corrected chi connectivity index (χ4v) is 0.895. The molecule has 0 unspecified atom stereocenters. The van der Waals surface area contributed by atoms with Crippen molar-refractivity contribution in [3.63, 3.8) is 0 Å². The van der Waals surface area contributed by atoms with E-state index in [1.807, 2.05) is 13.8 Å². The lowest BCUT2D eigenvalue weighted by atomic mass is 10.2. The van der Waals surface area contributed by atoms with Crippen LogP contribution in [0.3, 0.4) is 0 Å². The Bertz CT molecular complexity index is 254. The first-order chi connectivity index (χ1) is 6.63. The monoisotopic (exact) mass is 200 g/mol. The Morgan fingerprint density at radius 2 is 1.79 bits per heavy atom. The Morgan fingerprint density at radius 1 is 1.29 bits per heavy atom. The maximum absolute atomic E-state index is 12.6. The molecule has 1 aliphatic rings. The highest BCUT2D eigenvalue weighted by Crippen LogP contribution is 2.23. The first-order valence-corrected chi connectivity index (χ1v) is 4.63. The van der Waals surface area contributed by atoms with Gasteiger partial charge in [0.15, 0.2) is 11.5 Å². The van der Waals surface area contributed by atoms with Gasteiger partial charge in [0.05, 0.1) is 0 Å². The number of ether oxygens (including phenoxy) is 2. The van der Waals surface area contributed by atoms with Gasteiger partial charge in [-0.3, -0.25) is 0 Å². The Labute approximate surface area is 84.7 Å². The third kappa shape index (κ3) is 3.24. The van der Waals surface area contributed by atoms with Gasteiger partial charge in [0.25, 0.3) is 0 Å². The van der Waals surface area contributed by atoms with E-state index in [0.29, 0.717) is 30.3 Å². The van der Waals surface area contributed by atoms with Crippen LogP contribution < -0.4 is 0 Å². The summed E-state index contributed by atoms with van der Waals surface area (Å²) in [5, 5.41) is 0. The van der Waals surface area contributed by atoms with Crippen molar-refractivity contribution in [2.24, 2.45) is 0 Å². The summed E-state index contributed by atoms with van der Waals surface area (Å²) >= 11 is 0. The molecule has 0 aliphatic carbocycles. The molecule has 80 valence electrons. The van der Waals surface area contributed by atoms with Gasteiger partial charge in [-0.1, -0.05) is 27.0 Å². The van der Waals surface area contributed by atoms with Gasteiger partial charge in [-0.25, -0.2) is 4.39 Å². The molecule has 0 spiro atoms. The van der Waals surface area contributed by atoms with Gasteiger partial charge in [-0.15, -0.1) is 0 Å². The third-order valence-corrected chi connectivity index (χ3v) is 1.61. The lowest BCUT2D eigenvalue weighted by Gasteiger charge is -2.21. The van der Waals surface area contributed by atoms with Gasteiger partial charge >= 0.3 is 0 Å². The van der Waals surface area contributed by atoms with Crippen molar-refractivity contribution in [1.29, 1.82) is 0 Å². The van der Waals surface area contributed by atoms with Crippen LogP contribution in [0.5, 0.6) is 0 Å². The predicted octanol–water partition coefficient (Wildman–Crippen LogP) is 3.33. The molecule has 0 N–H and O–H groups in total. The Kier molecular flexibility index (Phi) is 5.68. The zero-order valence-electron chi connectivity index (χ0n) is 9.02. The zero-order chi connectivity index (χ0) is 11.1. The van der Waals surface area contributed by atoms with Crippen molar-refractivity contribution < 1.29 is 13.9 Å². The predicted molar refractivity (Wildman–Crippen MR) is 55.3 cm³/mol. The fraction of sp³-hybridized carbons (Fsp3) is 0.455. The van der Waals surface area contributed by atoms with E-state index in [-0.39, 0.29) is 0 Å². The average Bonchev–Trinajstić information content (AvgIpc) is 2.20. The molecule has 14 heavy (non-hydrogen) atoms. The van der Waals surface area contributed by atoms with E-state index in [1.165, 1.54) is 0 Å². The molecule has 0 amide bonds. The van der Waals surface area contributed by atoms with Crippen molar-refractivity contribution in [3.8, 4) is 0 Å². The largest absolute Gasteiger partial charge is 0.487 e. The van der Waals surface area contributed by atoms with E-state index in [2.05, 4.69) is 13.2 Å². The lowest BCUT2D eigenvalue weighted by Crippen LogP contribution is -2.14. The van der Waals surface area contributed by atoms with E-state index in [1.54, 1.807) is 6.92 Å². The highest BCUT2D eigenvalue weighted by Gasteiger charge is 2.16. The molecule has 1 heterocycles. The molecule has 0 aromatic rings. The summed E-state index contributed by atoms with van der Waals surface area (Å²) in [4.78, 5) is 0. The normalized spacial score (nSPS) is 18.4. The van der Waals surface area contributed by atoms with Crippen molar-refractivity contribution in [2.45, 2.75) is 20.8 Å². The van der Waals surface area contributed by atoms with Crippen LogP contribution in [0.1, 0.15) is 20.8 Å². The molecule has 2 nitrogen and oxygen atoms in total. The molecule has 3 heteroatoms. The van der Waals surface area contributed by atoms with Crippen molar-refractivity contribution in [1.82, 2.24) is 0 Å². The second-order valence-electron chi connectivity index (χ2n) is 2.48. The minimum absolute atomic E-state index is 0.347. The summed E-state index contributed by atoms with van der Waals surface area (Å²) in [5.41, 5.74) is 0.347. The molecule has 0 bridgehead atoms. The number of rotatable bonds is 1. The van der Waals surface area contributed by atoms with E-state index in [0.717, 1.165) is 0 Å². The molecule has 0 atom stereocenters. The molecule has 1 saturated heterocycles. The minimum atomic E-state index is -0.517. The number of hydrogen-bond donors (Lipinski definition) is 0. The summed E-state index contributed by atoms with van der Waals surface area (Å²) in [6, 6.07) is 0. The van der Waals surface area contributed by atoms with Crippen LogP contribution in [-0.2, 0) is 9.47 Å². The second-order valence-corrected chi connectivity index (χ2v) is 2.48. The molecular weight excluding hydrogens is 183 g/mol. The Hall–Kier alpha value is -1.25. The summed E-state index contributed by atoms with van der Waals surface area (Å²) in [6.45, 7) is 13.2. The third-order valence-electron chi connectivity index (χ3n) is 1.61. The van der Waals surface area contributed by atoms with Crippen LogP contribution in [0.4, 0.5) is 4.39 Å².